The van der Waals surface area contributed by atoms with Crippen molar-refractivity contribution in [2.75, 3.05) is 0 Å². The van der Waals surface area contributed by atoms with Gasteiger partial charge < -0.3 is 4.98 Å². The average molecular weight is 357 g/mol. The van der Waals surface area contributed by atoms with E-state index in [4.69, 9.17) is 0 Å². The molecule has 0 aliphatic carbocycles. The summed E-state index contributed by atoms with van der Waals surface area (Å²) in [6.07, 6.45) is 0. The maximum absolute atomic E-state index is 12.5. The molecule has 0 atom stereocenters. The number of fused-ring (bicyclic) bond motifs is 3. The predicted molar refractivity (Wildman–Crippen MR) is 86.6 cm³/mol. The molecule has 2 aromatic carbocycles. The van der Waals surface area contributed by atoms with Gasteiger partial charge in [0.25, 0.3) is 0 Å². The van der Waals surface area contributed by atoms with E-state index in [1.165, 1.54) is 4.68 Å². The Morgan fingerprint density at radius 1 is 1.05 bits per heavy atom. The molecule has 7 heteroatoms. The van der Waals surface area contributed by atoms with Crippen LogP contribution in [-0.2, 0) is 0 Å². The lowest BCUT2D eigenvalue weighted by atomic mass is 10.2. The second-order valence-electron chi connectivity index (χ2n) is 4.81. The third-order valence-corrected chi connectivity index (χ3v) is 3.94. The van der Waals surface area contributed by atoms with E-state index in [-0.39, 0.29) is 0 Å². The summed E-state index contributed by atoms with van der Waals surface area (Å²) >= 11 is 3.39. The lowest BCUT2D eigenvalue weighted by molar-refractivity contribution is 0.828. The van der Waals surface area contributed by atoms with E-state index in [2.05, 4.69) is 26.0 Å². The Kier molecular flexibility index (Phi) is 2.77. The van der Waals surface area contributed by atoms with Crippen molar-refractivity contribution >= 4 is 32.5 Å². The highest BCUT2D eigenvalue weighted by molar-refractivity contribution is 9.10. The lowest BCUT2D eigenvalue weighted by Gasteiger charge is -1.99. The number of halogens is 1. The van der Waals surface area contributed by atoms with Gasteiger partial charge in [0, 0.05) is 9.86 Å². The van der Waals surface area contributed by atoms with Crippen molar-refractivity contribution in [2.24, 2.45) is 0 Å². The zero-order chi connectivity index (χ0) is 15.3. The Bertz CT molecular complexity index is 1130. The largest absolute Gasteiger partial charge is 0.359 e. The molecule has 0 saturated heterocycles. The first-order valence-corrected chi connectivity index (χ1v) is 7.33. The summed E-state index contributed by atoms with van der Waals surface area (Å²) in [5, 5.41) is 5.03. The summed E-state index contributed by atoms with van der Waals surface area (Å²) in [4.78, 5) is 27.4. The van der Waals surface area contributed by atoms with Crippen molar-refractivity contribution in [3.8, 4) is 5.69 Å². The summed E-state index contributed by atoms with van der Waals surface area (Å²) in [7, 11) is 0. The first kappa shape index (κ1) is 13.0. The summed E-state index contributed by atoms with van der Waals surface area (Å²) in [5.41, 5.74) is 0.569. The van der Waals surface area contributed by atoms with Gasteiger partial charge in [0.2, 0.25) is 0 Å². The van der Waals surface area contributed by atoms with Crippen molar-refractivity contribution in [3.63, 3.8) is 0 Å². The fourth-order valence-electron chi connectivity index (χ4n) is 2.44. The summed E-state index contributed by atoms with van der Waals surface area (Å²) in [6, 6.07) is 14.4. The molecular formula is C15H9BrN4O2. The zero-order valence-electron chi connectivity index (χ0n) is 11.2. The number of para-hydroxylation sites is 1. The van der Waals surface area contributed by atoms with Crippen molar-refractivity contribution in [2.45, 2.75) is 0 Å². The van der Waals surface area contributed by atoms with Crippen molar-refractivity contribution in [1.29, 1.82) is 0 Å². The zero-order valence-corrected chi connectivity index (χ0v) is 12.7. The van der Waals surface area contributed by atoms with Crippen LogP contribution in [0.1, 0.15) is 0 Å². The van der Waals surface area contributed by atoms with E-state index in [1.807, 2.05) is 30.3 Å². The Morgan fingerprint density at radius 3 is 2.59 bits per heavy atom. The Hall–Kier alpha value is -2.67. The molecule has 0 spiro atoms. The van der Waals surface area contributed by atoms with Crippen LogP contribution in [0.25, 0.3) is 22.2 Å². The SMILES string of the molecule is O=c1[nH]c2ccc(Br)cc2c2nn(-c3ccccc3)c(=O)n12. The normalized spacial score (nSPS) is 11.3. The summed E-state index contributed by atoms with van der Waals surface area (Å²) in [6.45, 7) is 0. The number of hydrogen-bond donors (Lipinski definition) is 1. The van der Waals surface area contributed by atoms with E-state index in [9.17, 15) is 9.59 Å². The van der Waals surface area contributed by atoms with Gasteiger partial charge in [-0.25, -0.2) is 9.59 Å². The quantitative estimate of drug-likeness (QED) is 0.567. The maximum atomic E-state index is 12.5. The number of aromatic nitrogens is 4. The molecular weight excluding hydrogens is 348 g/mol. The molecule has 108 valence electrons. The van der Waals surface area contributed by atoms with Crippen LogP contribution in [0.5, 0.6) is 0 Å². The minimum atomic E-state index is -0.503. The van der Waals surface area contributed by atoms with E-state index in [0.717, 1.165) is 8.87 Å². The number of benzene rings is 2. The molecule has 0 saturated carbocycles. The van der Waals surface area contributed by atoms with Crippen LogP contribution >= 0.6 is 15.9 Å². The van der Waals surface area contributed by atoms with Gasteiger partial charge in [0.05, 0.1) is 11.2 Å². The molecule has 0 bridgehead atoms. The summed E-state index contributed by atoms with van der Waals surface area (Å²) < 4.78 is 3.11. The van der Waals surface area contributed by atoms with Crippen LogP contribution < -0.4 is 11.4 Å². The average Bonchev–Trinajstić information content (AvgIpc) is 2.88. The molecule has 2 aromatic heterocycles. The second-order valence-corrected chi connectivity index (χ2v) is 5.72. The molecule has 2 heterocycles. The minimum absolute atomic E-state index is 0.328. The third-order valence-electron chi connectivity index (χ3n) is 3.45. The molecule has 4 rings (SSSR count). The van der Waals surface area contributed by atoms with Crippen LogP contribution in [0.3, 0.4) is 0 Å². The van der Waals surface area contributed by atoms with Gasteiger partial charge in [-0.15, -0.1) is 5.10 Å². The van der Waals surface area contributed by atoms with E-state index in [0.29, 0.717) is 22.2 Å². The van der Waals surface area contributed by atoms with Crippen molar-refractivity contribution < 1.29 is 0 Å². The van der Waals surface area contributed by atoms with Gasteiger partial charge >= 0.3 is 11.4 Å². The highest BCUT2D eigenvalue weighted by Gasteiger charge is 2.14. The predicted octanol–water partition coefficient (Wildman–Crippen LogP) is 2.09. The van der Waals surface area contributed by atoms with Gasteiger partial charge in [-0.2, -0.15) is 9.08 Å². The topological polar surface area (TPSA) is 72.2 Å². The maximum Gasteiger partial charge on any atom is 0.359 e. The molecule has 6 nitrogen and oxygen atoms in total. The Labute approximate surface area is 131 Å². The molecule has 4 aromatic rings. The van der Waals surface area contributed by atoms with Gasteiger partial charge in [-0.3, -0.25) is 0 Å². The first-order valence-electron chi connectivity index (χ1n) is 6.54. The van der Waals surface area contributed by atoms with E-state index < -0.39 is 11.4 Å². The molecule has 1 N–H and O–H groups in total. The lowest BCUT2D eigenvalue weighted by Crippen LogP contribution is -2.29. The Morgan fingerprint density at radius 2 is 1.82 bits per heavy atom. The fraction of sp³-hybridized carbons (Fsp3) is 0. The standard InChI is InChI=1S/C15H9BrN4O2/c16-9-6-7-12-11(8-9)13-18-20(10-4-2-1-3-5-10)15(22)19(13)14(21)17-12/h1-8H,(H,17,21). The molecule has 0 amide bonds. The van der Waals surface area contributed by atoms with Crippen LogP contribution in [0, 0.1) is 0 Å². The molecule has 0 aliphatic heterocycles. The monoisotopic (exact) mass is 356 g/mol. The van der Waals surface area contributed by atoms with Crippen molar-refractivity contribution in [3.05, 3.63) is 74.0 Å². The van der Waals surface area contributed by atoms with Crippen molar-refractivity contribution in [1.82, 2.24) is 19.2 Å². The highest BCUT2D eigenvalue weighted by Crippen LogP contribution is 2.20. The van der Waals surface area contributed by atoms with Crippen LogP contribution in [-0.4, -0.2) is 19.2 Å². The van der Waals surface area contributed by atoms with Gasteiger partial charge in [-0.1, -0.05) is 34.1 Å². The van der Waals surface area contributed by atoms with Gasteiger partial charge in [-0.05, 0) is 30.3 Å². The number of nitrogens with zero attached hydrogens (tertiary/aromatic N) is 3. The van der Waals surface area contributed by atoms with Crippen LogP contribution in [0.4, 0.5) is 0 Å². The molecule has 0 aliphatic rings. The van der Waals surface area contributed by atoms with Gasteiger partial charge in [0.15, 0.2) is 5.65 Å². The van der Waals surface area contributed by atoms with Crippen LogP contribution in [0.2, 0.25) is 0 Å². The molecule has 0 radical (unpaired) electrons. The molecule has 0 unspecified atom stereocenters. The molecule has 22 heavy (non-hydrogen) atoms. The number of aromatic amines is 1. The smallest absolute Gasteiger partial charge is 0.306 e. The second kappa shape index (κ2) is 4.67. The first-order chi connectivity index (χ1) is 10.6. The summed E-state index contributed by atoms with van der Waals surface area (Å²) in [5.74, 6) is 0. The fourth-order valence-corrected chi connectivity index (χ4v) is 2.80. The third kappa shape index (κ3) is 1.82. The van der Waals surface area contributed by atoms with E-state index >= 15 is 0 Å². The minimum Gasteiger partial charge on any atom is -0.306 e. The highest BCUT2D eigenvalue weighted by atomic mass is 79.9. The number of rotatable bonds is 1. The molecule has 0 fully saturated rings. The number of hydrogen-bond acceptors (Lipinski definition) is 3. The van der Waals surface area contributed by atoms with Gasteiger partial charge in [0.1, 0.15) is 0 Å². The number of H-pyrrole nitrogens is 1. The Balaban J connectivity index is 2.20. The van der Waals surface area contributed by atoms with Crippen LogP contribution in [0.15, 0.2) is 62.6 Å². The van der Waals surface area contributed by atoms with E-state index in [1.54, 1.807) is 18.2 Å². The number of nitrogens with one attached hydrogen (secondary N) is 1.